The highest BCUT2D eigenvalue weighted by atomic mass is 14.5. The van der Waals surface area contributed by atoms with E-state index in [0.717, 1.165) is 0 Å². The molecule has 0 amide bonds. The molecule has 0 fully saturated rings. The Morgan fingerprint density at radius 1 is 1.00 bits per heavy atom. The minimum absolute atomic E-state index is 0.598. The monoisotopic (exact) mass is 211 g/mol. The van der Waals surface area contributed by atoms with E-state index in [0.29, 0.717) is 6.54 Å². The van der Waals surface area contributed by atoms with E-state index in [9.17, 15) is 0 Å². The Balaban J connectivity index is 2.56. The molecule has 2 aromatic rings. The van der Waals surface area contributed by atoms with Crippen molar-refractivity contribution in [1.29, 1.82) is 0 Å². The quantitative estimate of drug-likeness (QED) is 0.809. The standard InChI is InChI=1S/C15H17N/c1-11-7-13(10-16)9-14(8-11)15-6-4-3-5-12(15)2/h3-9H,10,16H2,1-2H3. The summed E-state index contributed by atoms with van der Waals surface area (Å²) < 4.78 is 0. The van der Waals surface area contributed by atoms with Crippen LogP contribution in [0.3, 0.4) is 0 Å². The van der Waals surface area contributed by atoms with Gasteiger partial charge in [0.25, 0.3) is 0 Å². The predicted octanol–water partition coefficient (Wildman–Crippen LogP) is 3.43. The molecule has 0 aliphatic rings. The Bertz CT molecular complexity index is 501. The second-order valence-corrected chi connectivity index (χ2v) is 4.23. The van der Waals surface area contributed by atoms with Gasteiger partial charge in [0.05, 0.1) is 0 Å². The molecule has 0 saturated heterocycles. The Morgan fingerprint density at radius 2 is 1.75 bits per heavy atom. The van der Waals surface area contributed by atoms with Crippen LogP contribution in [0.15, 0.2) is 42.5 Å². The smallest absolute Gasteiger partial charge is 0.0178 e. The molecular weight excluding hydrogens is 194 g/mol. The van der Waals surface area contributed by atoms with Crippen LogP contribution in [0.5, 0.6) is 0 Å². The Morgan fingerprint density at radius 3 is 2.44 bits per heavy atom. The van der Waals surface area contributed by atoms with E-state index in [-0.39, 0.29) is 0 Å². The molecular formula is C15H17N. The van der Waals surface area contributed by atoms with Crippen molar-refractivity contribution in [1.82, 2.24) is 0 Å². The molecule has 0 aliphatic carbocycles. The van der Waals surface area contributed by atoms with Crippen LogP contribution in [-0.2, 0) is 6.54 Å². The summed E-state index contributed by atoms with van der Waals surface area (Å²) >= 11 is 0. The fourth-order valence-corrected chi connectivity index (χ4v) is 2.03. The molecule has 0 spiro atoms. The van der Waals surface area contributed by atoms with Crippen LogP contribution < -0.4 is 5.73 Å². The predicted molar refractivity (Wildman–Crippen MR) is 69.2 cm³/mol. The zero-order valence-electron chi connectivity index (χ0n) is 9.83. The lowest BCUT2D eigenvalue weighted by Crippen LogP contribution is -1.97. The zero-order chi connectivity index (χ0) is 11.5. The van der Waals surface area contributed by atoms with Gasteiger partial charge in [-0.15, -0.1) is 0 Å². The molecule has 2 N–H and O–H groups in total. The summed E-state index contributed by atoms with van der Waals surface area (Å²) in [5.74, 6) is 0. The van der Waals surface area contributed by atoms with Crippen LogP contribution in [0.25, 0.3) is 11.1 Å². The number of hydrogen-bond donors (Lipinski definition) is 1. The molecule has 0 radical (unpaired) electrons. The minimum Gasteiger partial charge on any atom is -0.326 e. The third-order valence-electron chi connectivity index (χ3n) is 2.83. The van der Waals surface area contributed by atoms with Crippen molar-refractivity contribution in [3.8, 4) is 11.1 Å². The first-order valence-electron chi connectivity index (χ1n) is 5.57. The van der Waals surface area contributed by atoms with Gasteiger partial charge >= 0.3 is 0 Å². The lowest BCUT2D eigenvalue weighted by molar-refractivity contribution is 1.07. The maximum Gasteiger partial charge on any atom is 0.0178 e. The summed E-state index contributed by atoms with van der Waals surface area (Å²) in [7, 11) is 0. The summed E-state index contributed by atoms with van der Waals surface area (Å²) in [5, 5.41) is 0. The normalized spacial score (nSPS) is 10.4. The molecule has 0 heterocycles. The Hall–Kier alpha value is -1.60. The number of nitrogens with two attached hydrogens (primary N) is 1. The van der Waals surface area contributed by atoms with Crippen molar-refractivity contribution in [2.45, 2.75) is 20.4 Å². The molecule has 1 heteroatoms. The van der Waals surface area contributed by atoms with Gasteiger partial charge in [-0.05, 0) is 42.2 Å². The first-order chi connectivity index (χ1) is 7.70. The molecule has 82 valence electrons. The van der Waals surface area contributed by atoms with Gasteiger partial charge in [-0.25, -0.2) is 0 Å². The average molecular weight is 211 g/mol. The minimum atomic E-state index is 0.598. The molecule has 0 aliphatic heterocycles. The van der Waals surface area contributed by atoms with Gasteiger partial charge < -0.3 is 5.73 Å². The second-order valence-electron chi connectivity index (χ2n) is 4.23. The third-order valence-corrected chi connectivity index (χ3v) is 2.83. The molecule has 0 aromatic heterocycles. The van der Waals surface area contributed by atoms with Crippen molar-refractivity contribution in [2.24, 2.45) is 5.73 Å². The largest absolute Gasteiger partial charge is 0.326 e. The van der Waals surface area contributed by atoms with Crippen LogP contribution in [-0.4, -0.2) is 0 Å². The third kappa shape index (κ3) is 2.15. The molecule has 1 nitrogen and oxygen atoms in total. The van der Waals surface area contributed by atoms with Gasteiger partial charge in [0.2, 0.25) is 0 Å². The second kappa shape index (κ2) is 4.50. The lowest BCUT2D eigenvalue weighted by Gasteiger charge is -2.09. The van der Waals surface area contributed by atoms with Crippen LogP contribution in [0.1, 0.15) is 16.7 Å². The molecule has 16 heavy (non-hydrogen) atoms. The van der Waals surface area contributed by atoms with Crippen LogP contribution in [0, 0.1) is 13.8 Å². The fraction of sp³-hybridized carbons (Fsp3) is 0.200. The topological polar surface area (TPSA) is 26.0 Å². The zero-order valence-corrected chi connectivity index (χ0v) is 9.83. The fourth-order valence-electron chi connectivity index (χ4n) is 2.03. The summed E-state index contributed by atoms with van der Waals surface area (Å²) in [5.41, 5.74) is 12.0. The Kier molecular flexibility index (Phi) is 3.07. The number of aryl methyl sites for hydroxylation is 2. The maximum absolute atomic E-state index is 5.70. The van der Waals surface area contributed by atoms with Crippen molar-refractivity contribution < 1.29 is 0 Å². The van der Waals surface area contributed by atoms with Crippen molar-refractivity contribution in [3.63, 3.8) is 0 Å². The van der Waals surface area contributed by atoms with Gasteiger partial charge in [-0.1, -0.05) is 42.0 Å². The van der Waals surface area contributed by atoms with Gasteiger partial charge in [-0.3, -0.25) is 0 Å². The van der Waals surface area contributed by atoms with Crippen LogP contribution >= 0.6 is 0 Å². The number of rotatable bonds is 2. The van der Waals surface area contributed by atoms with Crippen LogP contribution in [0.4, 0.5) is 0 Å². The van der Waals surface area contributed by atoms with E-state index in [1.54, 1.807) is 0 Å². The van der Waals surface area contributed by atoms with E-state index in [1.807, 2.05) is 0 Å². The molecule has 0 saturated carbocycles. The van der Waals surface area contributed by atoms with Crippen molar-refractivity contribution in [2.75, 3.05) is 0 Å². The van der Waals surface area contributed by atoms with E-state index in [2.05, 4.69) is 56.3 Å². The van der Waals surface area contributed by atoms with Gasteiger partial charge in [0.1, 0.15) is 0 Å². The molecule has 2 aromatic carbocycles. The highest BCUT2D eigenvalue weighted by Gasteiger charge is 2.02. The molecule has 2 rings (SSSR count). The van der Waals surface area contributed by atoms with Crippen LogP contribution in [0.2, 0.25) is 0 Å². The lowest BCUT2D eigenvalue weighted by atomic mass is 9.97. The first-order valence-corrected chi connectivity index (χ1v) is 5.57. The maximum atomic E-state index is 5.70. The van der Waals surface area contributed by atoms with E-state index < -0.39 is 0 Å². The Labute approximate surface area is 96.9 Å². The highest BCUT2D eigenvalue weighted by molar-refractivity contribution is 5.68. The van der Waals surface area contributed by atoms with Gasteiger partial charge in [0.15, 0.2) is 0 Å². The van der Waals surface area contributed by atoms with E-state index in [1.165, 1.54) is 27.8 Å². The van der Waals surface area contributed by atoms with Gasteiger partial charge in [0, 0.05) is 6.54 Å². The molecule has 0 atom stereocenters. The molecule has 0 unspecified atom stereocenters. The number of hydrogen-bond acceptors (Lipinski definition) is 1. The van der Waals surface area contributed by atoms with E-state index in [4.69, 9.17) is 5.73 Å². The van der Waals surface area contributed by atoms with Gasteiger partial charge in [-0.2, -0.15) is 0 Å². The highest BCUT2D eigenvalue weighted by Crippen LogP contribution is 2.25. The number of benzene rings is 2. The first kappa shape index (κ1) is 10.9. The van der Waals surface area contributed by atoms with Crippen molar-refractivity contribution >= 4 is 0 Å². The summed E-state index contributed by atoms with van der Waals surface area (Å²) in [6.07, 6.45) is 0. The average Bonchev–Trinajstić information content (AvgIpc) is 2.28. The van der Waals surface area contributed by atoms with Crippen molar-refractivity contribution in [3.05, 3.63) is 59.2 Å². The SMILES string of the molecule is Cc1cc(CN)cc(-c2ccccc2C)c1. The summed E-state index contributed by atoms with van der Waals surface area (Å²) in [6.45, 7) is 4.85. The summed E-state index contributed by atoms with van der Waals surface area (Å²) in [4.78, 5) is 0. The summed E-state index contributed by atoms with van der Waals surface area (Å²) in [6, 6.07) is 15.0. The molecule has 0 bridgehead atoms. The van der Waals surface area contributed by atoms with E-state index >= 15 is 0 Å².